The maximum Gasteiger partial charge on any atom is 0.328 e. The third-order valence-electron chi connectivity index (χ3n) is 10.5. The molecule has 1 heterocycles. The van der Waals surface area contributed by atoms with Crippen LogP contribution in [0, 0.1) is 5.41 Å². The number of rotatable bonds is 16. The molecular formula is C43H57ClN4O5. The summed E-state index contributed by atoms with van der Waals surface area (Å²) in [5.74, 6) is -1.10. The van der Waals surface area contributed by atoms with Gasteiger partial charge in [-0.3, -0.25) is 14.4 Å². The Morgan fingerprint density at radius 1 is 0.887 bits per heavy atom. The first-order chi connectivity index (χ1) is 24.8. The fourth-order valence-electron chi connectivity index (χ4n) is 6.12. The van der Waals surface area contributed by atoms with Gasteiger partial charge >= 0.3 is 6.03 Å². The first kappa shape index (κ1) is 41.4. The van der Waals surface area contributed by atoms with E-state index >= 15 is 0 Å². The van der Waals surface area contributed by atoms with Crippen molar-refractivity contribution in [2.45, 2.75) is 118 Å². The van der Waals surface area contributed by atoms with Crippen LogP contribution in [0.5, 0.6) is 5.75 Å². The van der Waals surface area contributed by atoms with Crippen LogP contribution in [0.2, 0.25) is 5.02 Å². The number of carbonyl (C=O) groups is 4. The number of carbonyl (C=O) groups excluding carboxylic acids is 4. The Labute approximate surface area is 320 Å². The number of anilines is 2. The lowest BCUT2D eigenvalue weighted by Crippen LogP contribution is -2.55. The third-order valence-corrected chi connectivity index (χ3v) is 10.8. The Morgan fingerprint density at radius 2 is 1.55 bits per heavy atom. The molecule has 0 aliphatic carbocycles. The van der Waals surface area contributed by atoms with Crippen molar-refractivity contribution in [1.29, 1.82) is 0 Å². The van der Waals surface area contributed by atoms with Gasteiger partial charge in [-0.2, -0.15) is 0 Å². The molecule has 1 fully saturated rings. The minimum Gasteiger partial charge on any atom is -0.490 e. The fourth-order valence-corrected chi connectivity index (χ4v) is 6.28. The Morgan fingerprint density at radius 3 is 2.17 bits per heavy atom. The quantitative estimate of drug-likeness (QED) is 0.112. The molecule has 4 rings (SSSR count). The number of hydrogen-bond donors (Lipinski definition) is 2. The van der Waals surface area contributed by atoms with Gasteiger partial charge in [-0.25, -0.2) is 9.69 Å². The van der Waals surface area contributed by atoms with Crippen LogP contribution < -0.4 is 15.4 Å². The van der Waals surface area contributed by atoms with E-state index in [4.69, 9.17) is 16.3 Å². The highest BCUT2D eigenvalue weighted by Crippen LogP contribution is 2.39. The van der Waals surface area contributed by atoms with Gasteiger partial charge in [0.25, 0.3) is 11.8 Å². The van der Waals surface area contributed by atoms with Crippen LogP contribution in [0.25, 0.3) is 0 Å². The van der Waals surface area contributed by atoms with Crippen LogP contribution in [-0.2, 0) is 31.8 Å². The van der Waals surface area contributed by atoms with Gasteiger partial charge in [0.1, 0.15) is 12.3 Å². The Hall–Kier alpha value is -4.37. The van der Waals surface area contributed by atoms with E-state index in [9.17, 15) is 19.2 Å². The summed E-state index contributed by atoms with van der Waals surface area (Å²) in [4.78, 5) is 56.6. The first-order valence-corrected chi connectivity index (χ1v) is 19.0. The highest BCUT2D eigenvalue weighted by Gasteiger charge is 2.49. The monoisotopic (exact) mass is 744 g/mol. The van der Waals surface area contributed by atoms with Gasteiger partial charge in [0.05, 0.1) is 16.8 Å². The van der Waals surface area contributed by atoms with Crippen LogP contribution in [-0.4, -0.2) is 58.7 Å². The maximum absolute atomic E-state index is 13.9. The van der Waals surface area contributed by atoms with E-state index in [-0.39, 0.29) is 40.7 Å². The van der Waals surface area contributed by atoms with E-state index in [2.05, 4.69) is 77.3 Å². The molecule has 0 aromatic heterocycles. The van der Waals surface area contributed by atoms with Gasteiger partial charge in [0.2, 0.25) is 0 Å². The van der Waals surface area contributed by atoms with E-state index in [1.807, 2.05) is 30.3 Å². The van der Waals surface area contributed by atoms with Crippen LogP contribution in [0.15, 0.2) is 66.7 Å². The molecule has 0 saturated carbocycles. The summed E-state index contributed by atoms with van der Waals surface area (Å²) in [6.07, 6.45) is 2.62. The topological polar surface area (TPSA) is 108 Å². The summed E-state index contributed by atoms with van der Waals surface area (Å²) >= 11 is 6.53. The molecule has 4 amide bonds. The summed E-state index contributed by atoms with van der Waals surface area (Å²) < 4.78 is 6.54. The van der Waals surface area contributed by atoms with Gasteiger partial charge in [-0.05, 0) is 66.0 Å². The number of urea groups is 1. The molecule has 10 heteroatoms. The van der Waals surface area contributed by atoms with Gasteiger partial charge < -0.3 is 20.3 Å². The highest BCUT2D eigenvalue weighted by atomic mass is 35.5. The van der Waals surface area contributed by atoms with Crippen molar-refractivity contribution in [3.8, 4) is 5.75 Å². The molecule has 0 radical (unpaired) electrons. The molecule has 0 bridgehead atoms. The SMILES string of the molecule is CCC(C)(C)c1ccc(OC(C)CCNc2ccc(Cl)c(NC(=O)C(C(=O)C(C)(C)C)N3C(=O)CN(Cc4ccccc4)C3=O)c2)c(C(C)(C)CC)c1. The molecule has 286 valence electrons. The highest BCUT2D eigenvalue weighted by molar-refractivity contribution is 6.34. The average molecular weight is 745 g/mol. The molecule has 2 atom stereocenters. The average Bonchev–Trinajstić information content (AvgIpc) is 3.37. The number of ketones is 1. The van der Waals surface area contributed by atoms with Crippen molar-refractivity contribution >= 4 is 46.6 Å². The van der Waals surface area contributed by atoms with Gasteiger partial charge in [-0.1, -0.05) is 116 Å². The van der Waals surface area contributed by atoms with Crippen LogP contribution in [0.1, 0.15) is 105 Å². The van der Waals surface area contributed by atoms with E-state index in [1.165, 1.54) is 16.0 Å². The number of Topliss-reactive ketones (excluding diaryl/α,β-unsaturated/α-hetero) is 1. The summed E-state index contributed by atoms with van der Waals surface area (Å²) in [5.41, 5.74) is 3.28. The molecule has 1 aliphatic rings. The molecule has 3 aromatic carbocycles. The van der Waals surface area contributed by atoms with E-state index in [0.29, 0.717) is 18.7 Å². The predicted octanol–water partition coefficient (Wildman–Crippen LogP) is 9.37. The summed E-state index contributed by atoms with van der Waals surface area (Å²) in [5, 5.41) is 6.37. The molecule has 0 spiro atoms. The van der Waals surface area contributed by atoms with Gasteiger partial charge in [-0.15, -0.1) is 0 Å². The second kappa shape index (κ2) is 16.8. The number of hydrogen-bond acceptors (Lipinski definition) is 6. The lowest BCUT2D eigenvalue weighted by Gasteiger charge is -2.31. The zero-order chi connectivity index (χ0) is 39.3. The number of benzene rings is 3. The third kappa shape index (κ3) is 9.99. The van der Waals surface area contributed by atoms with Crippen molar-refractivity contribution in [2.24, 2.45) is 5.41 Å². The van der Waals surface area contributed by atoms with Crippen molar-refractivity contribution < 1.29 is 23.9 Å². The Bertz CT molecular complexity index is 1800. The smallest absolute Gasteiger partial charge is 0.328 e. The Kier molecular flexibility index (Phi) is 13.1. The molecule has 53 heavy (non-hydrogen) atoms. The summed E-state index contributed by atoms with van der Waals surface area (Å²) in [7, 11) is 0. The van der Waals surface area contributed by atoms with Gasteiger partial charge in [0.15, 0.2) is 11.8 Å². The lowest BCUT2D eigenvalue weighted by molar-refractivity contribution is -0.143. The minimum absolute atomic E-state index is 0.0509. The number of imide groups is 1. The second-order valence-corrected chi connectivity index (χ2v) is 16.8. The number of ether oxygens (including phenoxy) is 1. The molecule has 1 saturated heterocycles. The summed E-state index contributed by atoms with van der Waals surface area (Å²) in [6.45, 7) is 21.0. The minimum atomic E-state index is -1.67. The summed E-state index contributed by atoms with van der Waals surface area (Å²) in [6, 6.07) is 18.6. The molecule has 1 aliphatic heterocycles. The van der Waals surface area contributed by atoms with Crippen LogP contribution >= 0.6 is 11.6 Å². The second-order valence-electron chi connectivity index (χ2n) is 16.4. The largest absolute Gasteiger partial charge is 0.490 e. The molecular weight excluding hydrogens is 688 g/mol. The molecule has 3 aromatic rings. The molecule has 9 nitrogen and oxygen atoms in total. The number of halogens is 1. The number of amides is 4. The predicted molar refractivity (Wildman–Crippen MR) is 214 cm³/mol. The normalized spacial score (nSPS) is 15.0. The first-order valence-electron chi connectivity index (χ1n) is 18.6. The van der Waals surface area contributed by atoms with E-state index < -0.39 is 35.1 Å². The van der Waals surface area contributed by atoms with Crippen molar-refractivity contribution in [1.82, 2.24) is 9.80 Å². The Balaban J connectivity index is 1.46. The number of nitrogens with one attached hydrogen (secondary N) is 2. The fraction of sp³-hybridized carbons (Fsp3) is 0.488. The zero-order valence-electron chi connectivity index (χ0n) is 33.1. The van der Waals surface area contributed by atoms with Gasteiger partial charge in [0, 0.05) is 36.2 Å². The van der Waals surface area contributed by atoms with Crippen LogP contribution in [0.3, 0.4) is 0 Å². The van der Waals surface area contributed by atoms with Crippen LogP contribution in [0.4, 0.5) is 16.2 Å². The number of nitrogens with zero attached hydrogens (tertiary/aromatic N) is 2. The zero-order valence-corrected chi connectivity index (χ0v) is 33.8. The maximum atomic E-state index is 13.9. The van der Waals surface area contributed by atoms with E-state index in [1.54, 1.807) is 39.0 Å². The van der Waals surface area contributed by atoms with E-state index in [0.717, 1.165) is 29.1 Å². The van der Waals surface area contributed by atoms with Crippen molar-refractivity contribution in [3.05, 3.63) is 88.4 Å². The lowest BCUT2D eigenvalue weighted by atomic mass is 9.76. The molecule has 2 N–H and O–H groups in total. The molecule has 2 unspecified atom stereocenters. The van der Waals surface area contributed by atoms with Crippen molar-refractivity contribution in [2.75, 3.05) is 23.7 Å². The van der Waals surface area contributed by atoms with Crippen molar-refractivity contribution in [3.63, 3.8) is 0 Å². The standard InChI is InChI=1S/C43H57ClN4O5/c1-11-42(7,8)30-18-21-35(32(24-30)43(9,10)12-2)53-28(3)22-23-45-31-19-20-33(44)34(25-31)46-39(51)37(38(50)41(4,5)6)48-36(49)27-47(40(48)52)26-29-16-14-13-15-17-29/h13-21,24-25,28,37,45H,11-12,22-23,26-27H2,1-10H3,(H,46,51).